The Morgan fingerprint density at radius 1 is 1.06 bits per heavy atom. The van der Waals surface area contributed by atoms with E-state index in [1.165, 1.54) is 12.0 Å². The van der Waals surface area contributed by atoms with Gasteiger partial charge in [0.25, 0.3) is 0 Å². The lowest BCUT2D eigenvalue weighted by molar-refractivity contribution is -0.124. The third kappa shape index (κ3) is 5.34. The summed E-state index contributed by atoms with van der Waals surface area (Å²) in [5.41, 5.74) is 4.65. The van der Waals surface area contributed by atoms with Crippen LogP contribution in [0.15, 0.2) is 42.6 Å². The number of H-pyrrole nitrogens is 1. The van der Waals surface area contributed by atoms with Crippen LogP contribution in [0.2, 0.25) is 0 Å². The Hall–Kier alpha value is -2.95. The van der Waals surface area contributed by atoms with Crippen LogP contribution in [0.4, 0.5) is 5.82 Å². The maximum Gasteiger partial charge on any atom is 0.137 e. The SMILES string of the molecule is CC(=O)C(c1c[nH]c2ccccc12)C1CCC(C(=O)CCCCc2ccc3c(n2)NCCC3)CC1. The Kier molecular flexibility index (Phi) is 7.31. The fourth-order valence-electron chi connectivity index (χ4n) is 6.25. The minimum Gasteiger partial charge on any atom is -0.370 e. The molecule has 1 aliphatic carbocycles. The van der Waals surface area contributed by atoms with E-state index in [-0.39, 0.29) is 17.6 Å². The van der Waals surface area contributed by atoms with Crippen LogP contribution in [0, 0.1) is 11.8 Å². The van der Waals surface area contributed by atoms with E-state index in [2.05, 4.69) is 34.6 Å². The quantitative estimate of drug-likeness (QED) is 0.355. The van der Waals surface area contributed by atoms with E-state index in [9.17, 15) is 9.59 Å². The van der Waals surface area contributed by atoms with Crippen LogP contribution >= 0.6 is 0 Å². The van der Waals surface area contributed by atoms with Crippen molar-refractivity contribution in [1.29, 1.82) is 0 Å². The number of Topliss-reactive ketones (excluding diaryl/α,β-unsaturated/α-hetero) is 2. The number of para-hydroxylation sites is 1. The monoisotopic (exact) mass is 471 g/mol. The van der Waals surface area contributed by atoms with Gasteiger partial charge in [-0.1, -0.05) is 24.3 Å². The molecule has 1 saturated carbocycles. The number of carbonyl (C=O) groups excluding carboxylic acids is 2. The van der Waals surface area contributed by atoms with Crippen LogP contribution in [0.3, 0.4) is 0 Å². The Morgan fingerprint density at radius 3 is 2.71 bits per heavy atom. The molecule has 5 nitrogen and oxygen atoms in total. The fourth-order valence-corrected chi connectivity index (χ4v) is 6.25. The maximum absolute atomic E-state index is 12.9. The molecular weight excluding hydrogens is 434 g/mol. The molecule has 3 aromatic rings. The van der Waals surface area contributed by atoms with Gasteiger partial charge in [0.15, 0.2) is 0 Å². The topological polar surface area (TPSA) is 74.8 Å². The second kappa shape index (κ2) is 10.8. The molecule has 5 rings (SSSR count). The van der Waals surface area contributed by atoms with Crippen molar-refractivity contribution in [3.05, 3.63) is 59.4 Å². The van der Waals surface area contributed by atoms with E-state index in [1.807, 2.05) is 18.3 Å². The molecule has 3 heterocycles. The van der Waals surface area contributed by atoms with Gasteiger partial charge < -0.3 is 10.3 Å². The first-order chi connectivity index (χ1) is 17.1. The van der Waals surface area contributed by atoms with Crippen molar-refractivity contribution < 1.29 is 9.59 Å². The summed E-state index contributed by atoms with van der Waals surface area (Å²) >= 11 is 0. The summed E-state index contributed by atoms with van der Waals surface area (Å²) in [6.07, 6.45) is 11.5. The minimum absolute atomic E-state index is 0.0826. The summed E-state index contributed by atoms with van der Waals surface area (Å²) in [7, 11) is 0. The minimum atomic E-state index is -0.0826. The van der Waals surface area contributed by atoms with E-state index < -0.39 is 0 Å². The van der Waals surface area contributed by atoms with Gasteiger partial charge in [-0.05, 0) is 93.9 Å². The molecule has 1 unspecified atom stereocenters. The lowest BCUT2D eigenvalue weighted by atomic mass is 9.71. The Labute approximate surface area is 208 Å². The Balaban J connectivity index is 1.10. The fraction of sp³-hybridized carbons (Fsp3) is 0.500. The van der Waals surface area contributed by atoms with E-state index in [0.29, 0.717) is 18.1 Å². The number of hydrogen-bond acceptors (Lipinski definition) is 4. The zero-order valence-electron chi connectivity index (χ0n) is 20.8. The van der Waals surface area contributed by atoms with Gasteiger partial charge in [-0.2, -0.15) is 0 Å². The van der Waals surface area contributed by atoms with Gasteiger partial charge in [0.1, 0.15) is 17.4 Å². The first kappa shape index (κ1) is 23.8. The molecule has 35 heavy (non-hydrogen) atoms. The molecule has 0 spiro atoms. The lowest BCUT2D eigenvalue weighted by Crippen LogP contribution is -2.27. The first-order valence-electron chi connectivity index (χ1n) is 13.4. The number of carbonyl (C=O) groups is 2. The predicted octanol–water partition coefficient (Wildman–Crippen LogP) is 6.38. The Bertz CT molecular complexity index is 1190. The standard InChI is InChI=1S/C30H37N3O2/c1-20(34)29(26-19-32-27-10-4-3-9-25(26)27)22-14-12-21(13-15-22)28(35)11-5-2-8-24-17-16-23-7-6-18-31-30(23)33-24/h3-4,9-10,16-17,19,21-22,29,32H,2,5-8,11-15,18H2,1H3,(H,31,33). The van der Waals surface area contributed by atoms with Crippen molar-refractivity contribution in [3.8, 4) is 0 Å². The van der Waals surface area contributed by atoms with Gasteiger partial charge in [-0.25, -0.2) is 4.98 Å². The highest BCUT2D eigenvalue weighted by atomic mass is 16.1. The molecule has 2 aliphatic rings. The number of aromatic nitrogens is 2. The molecule has 184 valence electrons. The van der Waals surface area contributed by atoms with Crippen LogP contribution in [-0.2, 0) is 22.4 Å². The number of rotatable bonds is 9. The molecule has 0 bridgehead atoms. The molecule has 2 N–H and O–H groups in total. The summed E-state index contributed by atoms with van der Waals surface area (Å²) in [5.74, 6) is 2.09. The third-order valence-corrected chi connectivity index (χ3v) is 8.15. The lowest BCUT2D eigenvalue weighted by Gasteiger charge is -2.32. The molecule has 1 atom stereocenters. The van der Waals surface area contributed by atoms with Gasteiger partial charge in [-0.3, -0.25) is 9.59 Å². The summed E-state index contributed by atoms with van der Waals surface area (Å²) in [4.78, 5) is 33.7. The number of pyridine rings is 1. The van der Waals surface area contributed by atoms with Crippen LogP contribution in [0.1, 0.15) is 81.0 Å². The van der Waals surface area contributed by atoms with Crippen molar-refractivity contribution in [2.75, 3.05) is 11.9 Å². The van der Waals surface area contributed by atoms with Gasteiger partial charge in [0.05, 0.1) is 0 Å². The maximum atomic E-state index is 12.9. The molecule has 0 saturated heterocycles. The number of benzene rings is 1. The van der Waals surface area contributed by atoms with E-state index >= 15 is 0 Å². The number of unbranched alkanes of at least 4 members (excludes halogenated alkanes) is 1. The largest absolute Gasteiger partial charge is 0.370 e. The molecule has 1 aliphatic heterocycles. The van der Waals surface area contributed by atoms with Crippen molar-refractivity contribution in [2.45, 2.75) is 77.0 Å². The second-order valence-electron chi connectivity index (χ2n) is 10.5. The van der Waals surface area contributed by atoms with E-state index in [4.69, 9.17) is 4.98 Å². The molecule has 5 heteroatoms. The number of hydrogen-bond donors (Lipinski definition) is 2. The molecule has 0 radical (unpaired) electrons. The third-order valence-electron chi connectivity index (χ3n) is 8.15. The van der Waals surface area contributed by atoms with E-state index in [0.717, 1.165) is 85.9 Å². The summed E-state index contributed by atoms with van der Waals surface area (Å²) in [6, 6.07) is 12.6. The number of nitrogens with zero attached hydrogens (tertiary/aromatic N) is 1. The highest BCUT2D eigenvalue weighted by molar-refractivity contribution is 5.92. The zero-order chi connectivity index (χ0) is 24.2. The molecule has 1 aromatic carbocycles. The predicted molar refractivity (Wildman–Crippen MR) is 141 cm³/mol. The van der Waals surface area contributed by atoms with Crippen molar-refractivity contribution in [2.24, 2.45) is 11.8 Å². The molecule has 2 aromatic heterocycles. The number of aromatic amines is 1. The average Bonchev–Trinajstić information content (AvgIpc) is 3.30. The van der Waals surface area contributed by atoms with Gasteiger partial charge in [0, 0.05) is 47.6 Å². The van der Waals surface area contributed by atoms with Crippen molar-refractivity contribution >= 4 is 28.3 Å². The van der Waals surface area contributed by atoms with Crippen LogP contribution in [0.25, 0.3) is 10.9 Å². The van der Waals surface area contributed by atoms with Gasteiger partial charge in [0.2, 0.25) is 0 Å². The Morgan fingerprint density at radius 2 is 1.89 bits per heavy atom. The van der Waals surface area contributed by atoms with Gasteiger partial charge >= 0.3 is 0 Å². The second-order valence-corrected chi connectivity index (χ2v) is 10.5. The zero-order valence-corrected chi connectivity index (χ0v) is 20.8. The first-order valence-corrected chi connectivity index (χ1v) is 13.4. The van der Waals surface area contributed by atoms with Crippen molar-refractivity contribution in [3.63, 3.8) is 0 Å². The molecular formula is C30H37N3O2. The highest BCUT2D eigenvalue weighted by Gasteiger charge is 2.34. The number of ketones is 2. The summed E-state index contributed by atoms with van der Waals surface area (Å²) < 4.78 is 0. The smallest absolute Gasteiger partial charge is 0.137 e. The van der Waals surface area contributed by atoms with Crippen LogP contribution in [-0.4, -0.2) is 28.1 Å². The number of nitrogens with one attached hydrogen (secondary N) is 2. The molecule has 1 fully saturated rings. The normalized spacial score (nSPS) is 20.7. The van der Waals surface area contributed by atoms with Crippen LogP contribution in [0.5, 0.6) is 0 Å². The number of anilines is 1. The average molecular weight is 472 g/mol. The van der Waals surface area contributed by atoms with Crippen LogP contribution < -0.4 is 5.32 Å². The highest BCUT2D eigenvalue weighted by Crippen LogP contribution is 2.41. The van der Waals surface area contributed by atoms with E-state index in [1.54, 1.807) is 6.92 Å². The number of fused-ring (bicyclic) bond motifs is 2. The number of aryl methyl sites for hydroxylation is 2. The molecule has 0 amide bonds. The van der Waals surface area contributed by atoms with Gasteiger partial charge in [-0.15, -0.1) is 0 Å². The summed E-state index contributed by atoms with van der Waals surface area (Å²) in [5, 5.41) is 4.55. The van der Waals surface area contributed by atoms with Crippen molar-refractivity contribution in [1.82, 2.24) is 9.97 Å². The summed E-state index contributed by atoms with van der Waals surface area (Å²) in [6.45, 7) is 2.73.